The summed E-state index contributed by atoms with van der Waals surface area (Å²) in [6.45, 7) is 3.24. The molecule has 1 heterocycles. The summed E-state index contributed by atoms with van der Waals surface area (Å²) >= 11 is 6.15. The molecule has 0 saturated heterocycles. The number of benzene rings is 2. The van der Waals surface area contributed by atoms with E-state index in [2.05, 4.69) is 17.2 Å². The lowest BCUT2D eigenvalue weighted by molar-refractivity contribution is -0.121. The van der Waals surface area contributed by atoms with Crippen LogP contribution in [0.4, 0.5) is 0 Å². The van der Waals surface area contributed by atoms with Crippen LogP contribution in [-0.2, 0) is 17.9 Å². The quantitative estimate of drug-likeness (QED) is 0.604. The van der Waals surface area contributed by atoms with Crippen LogP contribution in [-0.4, -0.2) is 22.0 Å². The Bertz CT molecular complexity index is 892. The zero-order valence-electron chi connectivity index (χ0n) is 14.7. The highest BCUT2D eigenvalue weighted by atomic mass is 35.5. The fraction of sp³-hybridized carbons (Fsp3) is 0.300. The molecule has 1 amide bonds. The number of rotatable bonds is 8. The summed E-state index contributed by atoms with van der Waals surface area (Å²) in [5.74, 6) is 1.26. The third-order valence-electron chi connectivity index (χ3n) is 4.08. The van der Waals surface area contributed by atoms with E-state index in [4.69, 9.17) is 16.3 Å². The van der Waals surface area contributed by atoms with Gasteiger partial charge in [-0.25, -0.2) is 4.98 Å². The van der Waals surface area contributed by atoms with Crippen LogP contribution < -0.4 is 10.1 Å². The number of carbonyl (C=O) groups excluding carboxylic acids is 1. The van der Waals surface area contributed by atoms with Gasteiger partial charge in [-0.2, -0.15) is 0 Å². The molecule has 3 aromatic rings. The molecule has 0 spiro atoms. The Morgan fingerprint density at radius 3 is 2.77 bits per heavy atom. The van der Waals surface area contributed by atoms with E-state index in [0.717, 1.165) is 23.9 Å². The molecule has 0 atom stereocenters. The van der Waals surface area contributed by atoms with E-state index in [9.17, 15) is 4.79 Å². The van der Waals surface area contributed by atoms with Gasteiger partial charge < -0.3 is 14.6 Å². The maximum Gasteiger partial charge on any atom is 0.240 e. The molecule has 26 heavy (non-hydrogen) atoms. The van der Waals surface area contributed by atoms with Gasteiger partial charge in [-0.15, -0.1) is 0 Å². The van der Waals surface area contributed by atoms with Gasteiger partial charge in [-0.1, -0.05) is 49.2 Å². The van der Waals surface area contributed by atoms with E-state index in [1.165, 1.54) is 0 Å². The maximum atomic E-state index is 12.3. The minimum absolute atomic E-state index is 0.0272. The average Bonchev–Trinajstić information content (AvgIpc) is 2.99. The molecule has 1 aromatic heterocycles. The van der Waals surface area contributed by atoms with Crippen molar-refractivity contribution < 1.29 is 9.53 Å². The monoisotopic (exact) mass is 371 g/mol. The Morgan fingerprint density at radius 1 is 1.19 bits per heavy atom. The predicted octanol–water partition coefficient (Wildman–Crippen LogP) is 4.19. The molecule has 2 aromatic carbocycles. The van der Waals surface area contributed by atoms with Crippen molar-refractivity contribution in [2.75, 3.05) is 6.54 Å². The number of nitrogens with one attached hydrogen (secondary N) is 1. The van der Waals surface area contributed by atoms with Crippen molar-refractivity contribution in [2.45, 2.75) is 32.9 Å². The van der Waals surface area contributed by atoms with Crippen molar-refractivity contribution in [2.24, 2.45) is 0 Å². The highest BCUT2D eigenvalue weighted by molar-refractivity contribution is 6.32. The zero-order chi connectivity index (χ0) is 18.4. The van der Waals surface area contributed by atoms with Gasteiger partial charge in [-0.05, 0) is 30.7 Å². The zero-order valence-corrected chi connectivity index (χ0v) is 15.5. The van der Waals surface area contributed by atoms with Crippen LogP contribution in [0.2, 0.25) is 5.02 Å². The highest BCUT2D eigenvalue weighted by Gasteiger charge is 2.14. The summed E-state index contributed by atoms with van der Waals surface area (Å²) < 4.78 is 7.72. The van der Waals surface area contributed by atoms with Gasteiger partial charge in [0.25, 0.3) is 0 Å². The van der Waals surface area contributed by atoms with Gasteiger partial charge in [0.15, 0.2) is 0 Å². The lowest BCUT2D eigenvalue weighted by Gasteiger charge is -2.11. The number of halogens is 1. The van der Waals surface area contributed by atoms with Crippen LogP contribution >= 0.6 is 11.6 Å². The molecule has 0 radical (unpaired) electrons. The van der Waals surface area contributed by atoms with Gasteiger partial charge in [-0.3, -0.25) is 4.79 Å². The molecule has 3 rings (SSSR count). The van der Waals surface area contributed by atoms with E-state index in [1.54, 1.807) is 6.07 Å². The molecule has 1 N–H and O–H groups in total. The van der Waals surface area contributed by atoms with Gasteiger partial charge in [0.2, 0.25) is 5.91 Å². The first-order chi connectivity index (χ1) is 12.7. The van der Waals surface area contributed by atoms with Crippen molar-refractivity contribution in [3.05, 3.63) is 59.4 Å². The molecule has 0 aliphatic rings. The largest absolute Gasteiger partial charge is 0.484 e. The normalized spacial score (nSPS) is 10.8. The third-order valence-corrected chi connectivity index (χ3v) is 4.39. The number of nitrogens with zero attached hydrogens (tertiary/aromatic N) is 2. The van der Waals surface area contributed by atoms with Gasteiger partial charge in [0.1, 0.15) is 24.7 Å². The summed E-state index contributed by atoms with van der Waals surface area (Å²) in [6, 6.07) is 15.1. The molecular weight excluding hydrogens is 350 g/mol. The van der Waals surface area contributed by atoms with E-state index in [1.807, 2.05) is 47.0 Å². The van der Waals surface area contributed by atoms with Gasteiger partial charge >= 0.3 is 0 Å². The van der Waals surface area contributed by atoms with Crippen molar-refractivity contribution in [3.63, 3.8) is 0 Å². The van der Waals surface area contributed by atoms with Crippen molar-refractivity contribution in [3.8, 4) is 5.75 Å². The standard InChI is InChI=1S/C20H22ClN3O2/c1-2-3-12-22-20(25)13-24-17-10-6-5-9-16(17)23-19(24)14-26-18-11-7-4-8-15(18)21/h4-11H,2-3,12-14H2,1H3,(H,22,25). The van der Waals surface area contributed by atoms with Gasteiger partial charge in [0, 0.05) is 6.54 Å². The summed E-state index contributed by atoms with van der Waals surface area (Å²) in [4.78, 5) is 16.9. The lowest BCUT2D eigenvalue weighted by Crippen LogP contribution is -2.29. The van der Waals surface area contributed by atoms with Crippen LogP contribution in [0.15, 0.2) is 48.5 Å². The average molecular weight is 372 g/mol. The minimum Gasteiger partial charge on any atom is -0.484 e. The van der Waals surface area contributed by atoms with Crippen LogP contribution in [0.1, 0.15) is 25.6 Å². The molecule has 0 unspecified atom stereocenters. The Hall–Kier alpha value is -2.53. The molecule has 0 fully saturated rings. The number of unbranched alkanes of at least 4 members (excludes halogenated alkanes) is 1. The van der Waals surface area contributed by atoms with Crippen LogP contribution in [0, 0.1) is 0 Å². The topological polar surface area (TPSA) is 56.2 Å². The van der Waals surface area contributed by atoms with Crippen molar-refractivity contribution >= 4 is 28.5 Å². The van der Waals surface area contributed by atoms with Crippen LogP contribution in [0.5, 0.6) is 5.75 Å². The molecule has 136 valence electrons. The first-order valence-corrected chi connectivity index (χ1v) is 9.15. The molecule has 0 aliphatic heterocycles. The number of fused-ring (bicyclic) bond motifs is 1. The SMILES string of the molecule is CCCCNC(=O)Cn1c(COc2ccccc2Cl)nc2ccccc21. The van der Waals surface area contributed by atoms with Crippen molar-refractivity contribution in [1.82, 2.24) is 14.9 Å². The second kappa shape index (κ2) is 8.72. The molecule has 6 heteroatoms. The third kappa shape index (κ3) is 4.35. The minimum atomic E-state index is -0.0272. The Morgan fingerprint density at radius 2 is 1.96 bits per heavy atom. The second-order valence-corrected chi connectivity index (χ2v) is 6.43. The number of amides is 1. The van der Waals surface area contributed by atoms with Crippen molar-refractivity contribution in [1.29, 1.82) is 0 Å². The first kappa shape index (κ1) is 18.3. The molecule has 0 bridgehead atoms. The van der Waals surface area contributed by atoms with Crippen LogP contribution in [0.3, 0.4) is 0 Å². The Balaban J connectivity index is 1.80. The van der Waals surface area contributed by atoms with E-state index in [-0.39, 0.29) is 19.1 Å². The second-order valence-electron chi connectivity index (χ2n) is 6.03. The number of hydrogen-bond acceptors (Lipinski definition) is 3. The fourth-order valence-electron chi connectivity index (χ4n) is 2.72. The molecule has 0 saturated carbocycles. The molecular formula is C20H22ClN3O2. The fourth-order valence-corrected chi connectivity index (χ4v) is 2.91. The summed E-state index contributed by atoms with van der Waals surface area (Å²) in [7, 11) is 0. The lowest BCUT2D eigenvalue weighted by atomic mass is 10.3. The summed E-state index contributed by atoms with van der Waals surface area (Å²) in [5.41, 5.74) is 1.75. The first-order valence-electron chi connectivity index (χ1n) is 8.77. The molecule has 5 nitrogen and oxygen atoms in total. The number of imidazole rings is 1. The number of para-hydroxylation sites is 3. The number of ether oxygens (including phenoxy) is 1. The van der Waals surface area contributed by atoms with E-state index >= 15 is 0 Å². The maximum absolute atomic E-state index is 12.3. The Kier molecular flexibility index (Phi) is 6.12. The highest BCUT2D eigenvalue weighted by Crippen LogP contribution is 2.25. The smallest absolute Gasteiger partial charge is 0.240 e. The predicted molar refractivity (Wildman–Crippen MR) is 103 cm³/mol. The van der Waals surface area contributed by atoms with Crippen LogP contribution in [0.25, 0.3) is 11.0 Å². The summed E-state index contributed by atoms with van der Waals surface area (Å²) in [5, 5.41) is 3.50. The number of aromatic nitrogens is 2. The van der Waals surface area contributed by atoms with E-state index in [0.29, 0.717) is 23.1 Å². The van der Waals surface area contributed by atoms with E-state index < -0.39 is 0 Å². The number of carbonyl (C=O) groups is 1. The summed E-state index contributed by atoms with van der Waals surface area (Å²) in [6.07, 6.45) is 2.02. The van der Waals surface area contributed by atoms with Gasteiger partial charge in [0.05, 0.1) is 16.1 Å². The Labute approximate surface area is 157 Å². The molecule has 0 aliphatic carbocycles. The number of hydrogen-bond donors (Lipinski definition) is 1.